The Morgan fingerprint density at radius 1 is 1.06 bits per heavy atom. The van der Waals surface area contributed by atoms with E-state index in [-0.39, 0.29) is 6.10 Å². The maximum atomic E-state index is 11.4. The molecule has 0 saturated heterocycles. The molecule has 0 N–H and O–H groups in total. The van der Waals surface area contributed by atoms with E-state index in [2.05, 4.69) is 13.8 Å². The van der Waals surface area contributed by atoms with Gasteiger partial charge in [0.1, 0.15) is 6.10 Å². The topological polar surface area (TPSA) is 43.4 Å². The summed E-state index contributed by atoms with van der Waals surface area (Å²) in [5, 5.41) is -0.669. The van der Waals surface area contributed by atoms with Gasteiger partial charge in [-0.15, -0.1) is 0 Å². The Balaban J connectivity index is 4.10. The molecular weight excluding hydrogens is 252 g/mol. The molecule has 0 radical (unpaired) electrons. The highest BCUT2D eigenvalue weighted by Gasteiger charge is 2.13. The van der Waals surface area contributed by atoms with E-state index in [0.717, 1.165) is 44.3 Å². The highest BCUT2D eigenvalue weighted by molar-refractivity contribution is 6.66. The van der Waals surface area contributed by atoms with E-state index in [1.807, 2.05) is 6.92 Å². The van der Waals surface area contributed by atoms with Crippen molar-refractivity contribution in [3.8, 4) is 0 Å². The van der Waals surface area contributed by atoms with E-state index in [1.54, 1.807) is 0 Å². The summed E-state index contributed by atoms with van der Waals surface area (Å²) in [4.78, 5) is 21.8. The lowest BCUT2D eigenvalue weighted by Crippen LogP contribution is -2.17. The van der Waals surface area contributed by atoms with Crippen LogP contribution in [0.15, 0.2) is 12.2 Å². The first-order chi connectivity index (χ1) is 8.53. The van der Waals surface area contributed by atoms with Crippen LogP contribution >= 0.6 is 11.6 Å². The molecule has 0 aliphatic carbocycles. The Kier molecular flexibility index (Phi) is 9.66. The van der Waals surface area contributed by atoms with Crippen molar-refractivity contribution in [2.75, 3.05) is 0 Å². The van der Waals surface area contributed by atoms with Gasteiger partial charge in [0.15, 0.2) is 0 Å². The van der Waals surface area contributed by atoms with E-state index in [0.29, 0.717) is 5.92 Å². The number of carbonyl (C=O) groups excluding carboxylic acids is 2. The molecule has 0 aliphatic heterocycles. The summed E-state index contributed by atoms with van der Waals surface area (Å²) in [7, 11) is 0. The first-order valence-corrected chi connectivity index (χ1v) is 6.99. The van der Waals surface area contributed by atoms with Crippen LogP contribution in [0.1, 0.15) is 52.9 Å². The molecule has 18 heavy (non-hydrogen) atoms. The van der Waals surface area contributed by atoms with Crippen LogP contribution in [0.3, 0.4) is 0 Å². The molecule has 0 spiro atoms. The molecule has 0 aromatic carbocycles. The van der Waals surface area contributed by atoms with Crippen molar-refractivity contribution in [2.24, 2.45) is 5.92 Å². The molecule has 0 aliphatic rings. The SMILES string of the molecule is CCC(CC)CCC(CC)OC(=O)/C=C/C(=O)Cl. The Hall–Kier alpha value is -0.830. The van der Waals surface area contributed by atoms with E-state index in [4.69, 9.17) is 16.3 Å². The number of halogens is 1. The predicted octanol–water partition coefficient (Wildman–Crippen LogP) is 3.85. The number of hydrogen-bond acceptors (Lipinski definition) is 3. The smallest absolute Gasteiger partial charge is 0.331 e. The van der Waals surface area contributed by atoms with Crippen LogP contribution in [0.4, 0.5) is 0 Å². The Morgan fingerprint density at radius 3 is 2.11 bits per heavy atom. The molecule has 0 saturated carbocycles. The quantitative estimate of drug-likeness (QED) is 0.364. The minimum atomic E-state index is -0.669. The van der Waals surface area contributed by atoms with Crippen LogP contribution < -0.4 is 0 Å². The van der Waals surface area contributed by atoms with Gasteiger partial charge < -0.3 is 4.74 Å². The third-order valence-electron chi connectivity index (χ3n) is 3.14. The van der Waals surface area contributed by atoms with Crippen LogP contribution in [-0.4, -0.2) is 17.3 Å². The van der Waals surface area contributed by atoms with Crippen LogP contribution in [-0.2, 0) is 14.3 Å². The van der Waals surface area contributed by atoms with Crippen molar-refractivity contribution in [3.63, 3.8) is 0 Å². The van der Waals surface area contributed by atoms with Crippen molar-refractivity contribution in [1.82, 2.24) is 0 Å². The minimum Gasteiger partial charge on any atom is -0.459 e. The predicted molar refractivity (Wildman–Crippen MR) is 73.5 cm³/mol. The van der Waals surface area contributed by atoms with Crippen LogP contribution in [0.5, 0.6) is 0 Å². The van der Waals surface area contributed by atoms with E-state index >= 15 is 0 Å². The summed E-state index contributed by atoms with van der Waals surface area (Å²) in [6, 6.07) is 0. The second-order valence-corrected chi connectivity index (χ2v) is 4.74. The Bertz CT molecular complexity index is 283. The molecule has 0 bridgehead atoms. The van der Waals surface area contributed by atoms with Crippen molar-refractivity contribution >= 4 is 22.8 Å². The summed E-state index contributed by atoms with van der Waals surface area (Å²) in [6.45, 7) is 6.34. The van der Waals surface area contributed by atoms with Gasteiger partial charge in [-0.3, -0.25) is 4.79 Å². The van der Waals surface area contributed by atoms with Crippen molar-refractivity contribution in [1.29, 1.82) is 0 Å². The average molecular weight is 275 g/mol. The molecule has 1 atom stereocenters. The van der Waals surface area contributed by atoms with Crippen LogP contribution in [0.25, 0.3) is 0 Å². The van der Waals surface area contributed by atoms with Gasteiger partial charge in [-0.1, -0.05) is 33.6 Å². The number of esters is 1. The molecule has 0 fully saturated rings. The highest BCUT2D eigenvalue weighted by Crippen LogP contribution is 2.18. The van der Waals surface area contributed by atoms with E-state index in [1.165, 1.54) is 0 Å². The first-order valence-electron chi connectivity index (χ1n) is 6.61. The van der Waals surface area contributed by atoms with Crippen molar-refractivity contribution in [2.45, 2.75) is 59.0 Å². The molecule has 0 aromatic heterocycles. The third-order valence-corrected chi connectivity index (χ3v) is 3.27. The molecule has 4 heteroatoms. The van der Waals surface area contributed by atoms with Gasteiger partial charge in [0.25, 0.3) is 0 Å². The normalized spacial score (nSPS) is 12.9. The zero-order valence-electron chi connectivity index (χ0n) is 11.4. The lowest BCUT2D eigenvalue weighted by atomic mass is 9.95. The molecule has 0 heterocycles. The van der Waals surface area contributed by atoms with Crippen molar-refractivity contribution in [3.05, 3.63) is 12.2 Å². The largest absolute Gasteiger partial charge is 0.459 e. The second-order valence-electron chi connectivity index (χ2n) is 4.36. The Labute approximate surface area is 115 Å². The maximum Gasteiger partial charge on any atom is 0.331 e. The van der Waals surface area contributed by atoms with Crippen LogP contribution in [0, 0.1) is 5.92 Å². The van der Waals surface area contributed by atoms with Crippen molar-refractivity contribution < 1.29 is 14.3 Å². The molecular formula is C14H23ClO3. The van der Waals surface area contributed by atoms with Gasteiger partial charge in [-0.05, 0) is 36.8 Å². The van der Waals surface area contributed by atoms with Gasteiger partial charge >= 0.3 is 5.97 Å². The second kappa shape index (κ2) is 10.1. The van der Waals surface area contributed by atoms with Crippen LogP contribution in [0.2, 0.25) is 0 Å². The first kappa shape index (κ1) is 17.2. The molecule has 0 amide bonds. The zero-order valence-corrected chi connectivity index (χ0v) is 12.2. The molecule has 0 aromatic rings. The summed E-state index contributed by atoms with van der Waals surface area (Å²) < 4.78 is 5.25. The van der Waals surface area contributed by atoms with Gasteiger partial charge in [-0.2, -0.15) is 0 Å². The lowest BCUT2D eigenvalue weighted by Gasteiger charge is -2.18. The number of rotatable bonds is 9. The number of allylic oxidation sites excluding steroid dienone is 1. The number of ether oxygens (including phenoxy) is 1. The van der Waals surface area contributed by atoms with Gasteiger partial charge in [0.05, 0.1) is 0 Å². The zero-order chi connectivity index (χ0) is 14.0. The number of hydrogen-bond donors (Lipinski definition) is 0. The van der Waals surface area contributed by atoms with E-state index in [9.17, 15) is 9.59 Å². The fourth-order valence-electron chi connectivity index (χ4n) is 1.80. The van der Waals surface area contributed by atoms with Gasteiger partial charge in [0, 0.05) is 12.2 Å². The summed E-state index contributed by atoms with van der Waals surface area (Å²) in [5.74, 6) is 0.193. The van der Waals surface area contributed by atoms with E-state index < -0.39 is 11.2 Å². The summed E-state index contributed by atoms with van der Waals surface area (Å²) >= 11 is 5.10. The number of carbonyl (C=O) groups is 2. The maximum absolute atomic E-state index is 11.4. The van der Waals surface area contributed by atoms with Gasteiger partial charge in [0.2, 0.25) is 5.24 Å². The lowest BCUT2D eigenvalue weighted by molar-refractivity contribution is -0.143. The fourth-order valence-corrected chi connectivity index (χ4v) is 1.87. The van der Waals surface area contributed by atoms with Gasteiger partial charge in [-0.25, -0.2) is 4.79 Å². The third kappa shape index (κ3) is 8.29. The standard InChI is InChI=1S/C14H23ClO3/c1-4-11(5-2)7-8-12(6-3)18-14(17)10-9-13(15)16/h9-12H,4-8H2,1-3H3/b10-9+. The fraction of sp³-hybridized carbons (Fsp3) is 0.714. The molecule has 104 valence electrons. The molecule has 0 rings (SSSR count). The Morgan fingerprint density at radius 2 is 1.67 bits per heavy atom. The molecule has 1 unspecified atom stereocenters. The summed E-state index contributed by atoms with van der Waals surface area (Å²) in [5.41, 5.74) is 0. The minimum absolute atomic E-state index is 0.0758. The summed E-state index contributed by atoms with van der Waals surface area (Å²) in [6.07, 6.45) is 7.05. The average Bonchev–Trinajstić information content (AvgIpc) is 2.36. The highest BCUT2D eigenvalue weighted by atomic mass is 35.5. The molecule has 3 nitrogen and oxygen atoms in total. The monoisotopic (exact) mass is 274 g/mol.